The summed E-state index contributed by atoms with van der Waals surface area (Å²) in [5, 5.41) is 0. The number of hydrogen-bond donors (Lipinski definition) is 0. The third kappa shape index (κ3) is 35.4. The Morgan fingerprint density at radius 1 is 0.324 bits per heavy atom. The highest BCUT2D eigenvalue weighted by atomic mass is 35.5. The second kappa shape index (κ2) is 35.4. The number of ether oxygens (including phenoxy) is 11. The molecule has 0 amide bonds. The summed E-state index contributed by atoms with van der Waals surface area (Å²) in [6.45, 7) is 11.2. The van der Waals surface area contributed by atoms with Crippen LogP contribution in [-0.4, -0.2) is 151 Å². The van der Waals surface area contributed by atoms with E-state index in [1.54, 1.807) is 0 Å². The predicted octanol–water partition coefficient (Wildman–Crippen LogP) is 1.04. The first-order valence-corrected chi connectivity index (χ1v) is 13.3. The Labute approximate surface area is 227 Å². The zero-order valence-electron chi connectivity index (χ0n) is 22.2. The van der Waals surface area contributed by atoms with E-state index in [1.807, 2.05) is 0 Å². The molecule has 0 N–H and O–H groups in total. The minimum atomic E-state index is 0.309. The van der Waals surface area contributed by atoms with Gasteiger partial charge in [-0.25, -0.2) is 0 Å². The van der Waals surface area contributed by atoms with Crippen molar-refractivity contribution in [2.24, 2.45) is 0 Å². The molecule has 0 bridgehead atoms. The molecule has 0 spiro atoms. The molecule has 0 heterocycles. The summed E-state index contributed by atoms with van der Waals surface area (Å²) in [7, 11) is 0. The average molecular weight is 559 g/mol. The summed E-state index contributed by atoms with van der Waals surface area (Å²) in [6.07, 6.45) is 5.07. The first kappa shape index (κ1) is 36.4. The lowest BCUT2D eigenvalue weighted by molar-refractivity contribution is -0.0271. The Balaban J connectivity index is 3.01. The van der Waals surface area contributed by atoms with Gasteiger partial charge in [-0.05, 0) is 0 Å². The van der Waals surface area contributed by atoms with Crippen LogP contribution in [0.1, 0.15) is 0 Å². The molecule has 0 atom stereocenters. The molecule has 0 fully saturated rings. The van der Waals surface area contributed by atoms with Gasteiger partial charge in [-0.15, -0.1) is 18.0 Å². The van der Waals surface area contributed by atoms with Crippen LogP contribution in [-0.2, 0) is 52.1 Å². The highest BCUT2D eigenvalue weighted by Crippen LogP contribution is 1.87. The van der Waals surface area contributed by atoms with Gasteiger partial charge in [0.15, 0.2) is 0 Å². The van der Waals surface area contributed by atoms with Gasteiger partial charge in [0, 0.05) is 5.88 Å². The summed E-state index contributed by atoms with van der Waals surface area (Å²) < 4.78 is 58.9. The highest BCUT2D eigenvalue weighted by molar-refractivity contribution is 6.17. The van der Waals surface area contributed by atoms with E-state index < -0.39 is 0 Å². The molecule has 0 aliphatic heterocycles. The minimum Gasteiger partial charge on any atom is -0.378 e. The maximum absolute atomic E-state index is 5.50. The maximum Gasteiger partial charge on any atom is 0.107 e. The quantitative estimate of drug-likeness (QED) is 0.0656. The largest absolute Gasteiger partial charge is 0.378 e. The maximum atomic E-state index is 5.50. The topological polar surface area (TPSA) is 102 Å². The lowest BCUT2D eigenvalue weighted by Crippen LogP contribution is -2.15. The lowest BCUT2D eigenvalue weighted by atomic mass is 10.6. The summed E-state index contributed by atoms with van der Waals surface area (Å²) in [4.78, 5) is 0. The van der Waals surface area contributed by atoms with Crippen molar-refractivity contribution in [1.29, 1.82) is 0 Å². The SMILES string of the molecule is C#CCOCCOCCOCCOCCOCCOCCOCCOCCOCCOCCOCCCl. The predicted molar refractivity (Wildman–Crippen MR) is 139 cm³/mol. The van der Waals surface area contributed by atoms with Crippen molar-refractivity contribution in [3.8, 4) is 12.3 Å². The molecule has 0 aromatic heterocycles. The second-order valence-electron chi connectivity index (χ2n) is 7.07. The van der Waals surface area contributed by atoms with Gasteiger partial charge < -0.3 is 52.1 Å². The molecule has 0 aliphatic carbocycles. The molecule has 37 heavy (non-hydrogen) atoms. The molecule has 0 rings (SSSR count). The van der Waals surface area contributed by atoms with Gasteiger partial charge in [0.2, 0.25) is 0 Å². The minimum absolute atomic E-state index is 0.309. The van der Waals surface area contributed by atoms with Crippen LogP contribution in [0.5, 0.6) is 0 Å². The Hall–Kier alpha value is -0.590. The second-order valence-corrected chi connectivity index (χ2v) is 7.45. The van der Waals surface area contributed by atoms with E-state index in [9.17, 15) is 0 Å². The smallest absolute Gasteiger partial charge is 0.107 e. The third-order valence-electron chi connectivity index (χ3n) is 4.13. The van der Waals surface area contributed by atoms with Crippen LogP contribution in [0.25, 0.3) is 0 Å². The van der Waals surface area contributed by atoms with E-state index in [2.05, 4.69) is 5.92 Å². The third-order valence-corrected chi connectivity index (χ3v) is 4.28. The van der Waals surface area contributed by atoms with Gasteiger partial charge in [0.1, 0.15) is 6.61 Å². The van der Waals surface area contributed by atoms with Gasteiger partial charge in [-0.1, -0.05) is 5.92 Å². The molecule has 0 aromatic carbocycles. The van der Waals surface area contributed by atoms with Crippen molar-refractivity contribution in [3.05, 3.63) is 0 Å². The van der Waals surface area contributed by atoms with E-state index in [0.717, 1.165) is 0 Å². The van der Waals surface area contributed by atoms with E-state index in [4.69, 9.17) is 70.1 Å². The molecule has 0 saturated carbocycles. The van der Waals surface area contributed by atoms with Crippen LogP contribution in [0.4, 0.5) is 0 Å². The fourth-order valence-electron chi connectivity index (χ4n) is 2.38. The van der Waals surface area contributed by atoms with Gasteiger partial charge in [0.05, 0.1) is 139 Å². The van der Waals surface area contributed by atoms with Crippen molar-refractivity contribution in [2.45, 2.75) is 0 Å². The number of halogens is 1. The molecule has 0 radical (unpaired) electrons. The van der Waals surface area contributed by atoms with Crippen molar-refractivity contribution in [2.75, 3.05) is 151 Å². The zero-order valence-corrected chi connectivity index (χ0v) is 23.0. The molecule has 0 saturated heterocycles. The number of alkyl halides is 1. The van der Waals surface area contributed by atoms with Gasteiger partial charge >= 0.3 is 0 Å². The highest BCUT2D eigenvalue weighted by Gasteiger charge is 1.96. The zero-order chi connectivity index (χ0) is 26.7. The Morgan fingerprint density at radius 3 is 0.703 bits per heavy atom. The van der Waals surface area contributed by atoms with E-state index >= 15 is 0 Å². The van der Waals surface area contributed by atoms with Crippen LogP contribution in [0.2, 0.25) is 0 Å². The number of terminal acetylenes is 1. The molecule has 0 aliphatic rings. The Kier molecular flexibility index (Phi) is 34.8. The first-order valence-electron chi connectivity index (χ1n) is 12.8. The number of rotatable bonds is 33. The molecule has 0 unspecified atom stereocenters. The summed E-state index contributed by atoms with van der Waals surface area (Å²) in [5.41, 5.74) is 0. The van der Waals surface area contributed by atoms with Crippen molar-refractivity contribution >= 4 is 11.6 Å². The fourth-order valence-corrected chi connectivity index (χ4v) is 2.49. The standard InChI is InChI=1S/C25H47ClO11/c1-2-4-27-6-8-29-10-12-31-14-16-33-18-20-35-22-24-37-25-23-36-21-19-34-17-15-32-13-11-30-9-7-28-5-3-26/h1H,3-25H2. The average Bonchev–Trinajstić information content (AvgIpc) is 2.91. The van der Waals surface area contributed by atoms with Gasteiger partial charge in [-0.3, -0.25) is 0 Å². The van der Waals surface area contributed by atoms with Crippen molar-refractivity contribution < 1.29 is 52.1 Å². The van der Waals surface area contributed by atoms with E-state index in [0.29, 0.717) is 151 Å². The van der Waals surface area contributed by atoms with Gasteiger partial charge in [0.25, 0.3) is 0 Å². The first-order chi connectivity index (χ1) is 18.4. The van der Waals surface area contributed by atoms with Gasteiger partial charge in [-0.2, -0.15) is 0 Å². The summed E-state index contributed by atoms with van der Waals surface area (Å²) >= 11 is 5.50. The lowest BCUT2D eigenvalue weighted by Gasteiger charge is -2.09. The summed E-state index contributed by atoms with van der Waals surface area (Å²) in [5.74, 6) is 2.89. The van der Waals surface area contributed by atoms with Crippen LogP contribution < -0.4 is 0 Å². The monoisotopic (exact) mass is 558 g/mol. The molecular formula is C25H47ClO11. The van der Waals surface area contributed by atoms with Crippen molar-refractivity contribution in [3.63, 3.8) is 0 Å². The Bertz CT molecular complexity index is 455. The number of hydrogen-bond acceptors (Lipinski definition) is 11. The molecule has 11 nitrogen and oxygen atoms in total. The van der Waals surface area contributed by atoms with E-state index in [1.165, 1.54) is 0 Å². The van der Waals surface area contributed by atoms with Crippen LogP contribution in [0.15, 0.2) is 0 Å². The van der Waals surface area contributed by atoms with Crippen LogP contribution in [0, 0.1) is 12.3 Å². The molecule has 220 valence electrons. The van der Waals surface area contributed by atoms with Crippen LogP contribution >= 0.6 is 11.6 Å². The van der Waals surface area contributed by atoms with E-state index in [-0.39, 0.29) is 0 Å². The fraction of sp³-hybridized carbons (Fsp3) is 0.920. The normalized spacial score (nSPS) is 11.2. The molecule has 12 heteroatoms. The summed E-state index contributed by atoms with van der Waals surface area (Å²) in [6, 6.07) is 0. The van der Waals surface area contributed by atoms with Crippen molar-refractivity contribution in [1.82, 2.24) is 0 Å². The Morgan fingerprint density at radius 2 is 0.514 bits per heavy atom. The molecular weight excluding hydrogens is 512 g/mol. The van der Waals surface area contributed by atoms with Crippen LogP contribution in [0.3, 0.4) is 0 Å². The molecule has 0 aromatic rings.